The number of ether oxygens (including phenoxy) is 4. The fraction of sp³-hybridized carbons (Fsp3) is 0.625. The minimum absolute atomic E-state index is 0.0346. The quantitative estimate of drug-likeness (QED) is 0.149. The van der Waals surface area contributed by atoms with Crippen molar-refractivity contribution in [1.82, 2.24) is 0 Å². The van der Waals surface area contributed by atoms with Gasteiger partial charge in [-0.3, -0.25) is 14.4 Å². The normalized spacial score (nSPS) is 17.4. The predicted molar refractivity (Wildman–Crippen MR) is 118 cm³/mol. The van der Waals surface area contributed by atoms with Crippen LogP contribution in [0.3, 0.4) is 0 Å². The molecule has 2 atom stereocenters. The fourth-order valence-electron chi connectivity index (χ4n) is 3.47. The number of carbonyl (C=O) groups is 5. The van der Waals surface area contributed by atoms with Gasteiger partial charge in [-0.15, -0.1) is 0 Å². The summed E-state index contributed by atoms with van der Waals surface area (Å²) in [5.74, 6) is -5.61. The Morgan fingerprint density at radius 1 is 1.09 bits per heavy atom. The van der Waals surface area contributed by atoms with Crippen LogP contribution in [0, 0.1) is 11.8 Å². The van der Waals surface area contributed by atoms with Crippen molar-refractivity contribution in [3.8, 4) is 0 Å². The first kappa shape index (κ1) is 28.1. The predicted octanol–water partition coefficient (Wildman–Crippen LogP) is 2.85. The second kappa shape index (κ2) is 11.2. The SMILES string of the molecule is C/C=C/C(=O)OC(C)(C)C(=O)C(C(=O)OCC)C(C)CC1=C(C(=O)OCC)C(=O)C(C)(C)O1. The molecular weight excluding hydrogens is 432 g/mol. The molecule has 0 radical (unpaired) electrons. The number of carbonyl (C=O) groups excluding carboxylic acids is 5. The molecule has 0 aromatic heterocycles. The van der Waals surface area contributed by atoms with E-state index in [9.17, 15) is 24.0 Å². The van der Waals surface area contributed by atoms with E-state index in [1.807, 2.05) is 0 Å². The molecule has 9 heteroatoms. The first-order chi connectivity index (χ1) is 15.2. The van der Waals surface area contributed by atoms with Crippen LogP contribution in [0.2, 0.25) is 0 Å². The summed E-state index contributed by atoms with van der Waals surface area (Å²) >= 11 is 0. The van der Waals surface area contributed by atoms with Gasteiger partial charge >= 0.3 is 17.9 Å². The first-order valence-electron chi connectivity index (χ1n) is 10.9. The van der Waals surface area contributed by atoms with E-state index in [1.54, 1.807) is 27.7 Å². The lowest BCUT2D eigenvalue weighted by Crippen LogP contribution is -2.46. The minimum atomic E-state index is -1.63. The van der Waals surface area contributed by atoms with Crippen LogP contribution in [-0.4, -0.2) is 53.9 Å². The van der Waals surface area contributed by atoms with E-state index in [0.29, 0.717) is 0 Å². The van der Waals surface area contributed by atoms with Crippen molar-refractivity contribution in [2.75, 3.05) is 13.2 Å². The molecule has 0 aromatic rings. The number of allylic oxidation sites excluding steroid dienone is 2. The number of rotatable bonds is 11. The van der Waals surface area contributed by atoms with Gasteiger partial charge in [0.15, 0.2) is 17.0 Å². The summed E-state index contributed by atoms with van der Waals surface area (Å²) in [5.41, 5.74) is -3.16. The van der Waals surface area contributed by atoms with Crippen LogP contribution in [0.15, 0.2) is 23.5 Å². The highest BCUT2D eigenvalue weighted by Crippen LogP contribution is 2.37. The summed E-state index contributed by atoms with van der Waals surface area (Å²) < 4.78 is 21.1. The van der Waals surface area contributed by atoms with E-state index in [1.165, 1.54) is 33.8 Å². The van der Waals surface area contributed by atoms with Crippen molar-refractivity contribution < 1.29 is 42.9 Å². The molecule has 0 bridgehead atoms. The molecule has 1 heterocycles. The molecule has 9 nitrogen and oxygen atoms in total. The van der Waals surface area contributed by atoms with Gasteiger partial charge in [0, 0.05) is 12.5 Å². The largest absolute Gasteiger partial charge is 0.483 e. The minimum Gasteiger partial charge on any atom is -0.483 e. The number of ketones is 2. The van der Waals surface area contributed by atoms with Crippen molar-refractivity contribution in [1.29, 1.82) is 0 Å². The van der Waals surface area contributed by atoms with Gasteiger partial charge in [0.1, 0.15) is 17.3 Å². The standard InChI is InChI=1S/C24H34O9/c1-9-12-16(25)33-24(7,8)19(26)17(21(28)30-10-2)14(4)13-15-18(22(29)31-11-3)20(27)23(5,6)32-15/h9,12,14,17H,10-11,13H2,1-8H3/b12-9+. The van der Waals surface area contributed by atoms with Gasteiger partial charge in [-0.25, -0.2) is 9.59 Å². The summed E-state index contributed by atoms with van der Waals surface area (Å²) in [6, 6.07) is 0. The lowest BCUT2D eigenvalue weighted by atomic mass is 9.80. The third-order valence-corrected chi connectivity index (χ3v) is 5.06. The Kier molecular flexibility index (Phi) is 9.57. The van der Waals surface area contributed by atoms with Gasteiger partial charge in [0.2, 0.25) is 5.78 Å². The van der Waals surface area contributed by atoms with Crippen LogP contribution in [-0.2, 0) is 42.9 Å². The molecule has 184 valence electrons. The topological polar surface area (TPSA) is 122 Å². The molecule has 0 aliphatic carbocycles. The maximum Gasteiger partial charge on any atom is 0.345 e. The monoisotopic (exact) mass is 466 g/mol. The summed E-state index contributed by atoms with van der Waals surface area (Å²) in [5, 5.41) is 0. The smallest absolute Gasteiger partial charge is 0.345 e. The molecule has 2 unspecified atom stereocenters. The zero-order chi connectivity index (χ0) is 25.6. The number of Topliss-reactive ketones (excluding diaryl/α,β-unsaturated/α-hetero) is 2. The van der Waals surface area contributed by atoms with Gasteiger partial charge in [0.25, 0.3) is 0 Å². The number of hydrogen-bond acceptors (Lipinski definition) is 9. The maximum atomic E-state index is 13.3. The zero-order valence-electron chi connectivity index (χ0n) is 20.6. The van der Waals surface area contributed by atoms with Crippen molar-refractivity contribution >= 4 is 29.5 Å². The Labute approximate surface area is 194 Å². The molecular formula is C24H34O9. The molecule has 1 aliphatic heterocycles. The molecule has 0 spiro atoms. The zero-order valence-corrected chi connectivity index (χ0v) is 20.6. The molecule has 0 fully saturated rings. The van der Waals surface area contributed by atoms with E-state index in [-0.39, 0.29) is 31.0 Å². The maximum absolute atomic E-state index is 13.3. The molecule has 0 aromatic carbocycles. The van der Waals surface area contributed by atoms with Gasteiger partial charge in [0.05, 0.1) is 13.2 Å². The summed E-state index contributed by atoms with van der Waals surface area (Å²) in [6.07, 6.45) is 2.54. The van der Waals surface area contributed by atoms with Crippen molar-refractivity contribution in [3.63, 3.8) is 0 Å². The van der Waals surface area contributed by atoms with Crippen molar-refractivity contribution in [2.24, 2.45) is 11.8 Å². The molecule has 0 N–H and O–H groups in total. The van der Waals surface area contributed by atoms with Crippen LogP contribution in [0.5, 0.6) is 0 Å². The highest BCUT2D eigenvalue weighted by Gasteiger charge is 2.48. The van der Waals surface area contributed by atoms with E-state index < -0.39 is 52.5 Å². The fourth-order valence-corrected chi connectivity index (χ4v) is 3.47. The van der Waals surface area contributed by atoms with Gasteiger partial charge in [-0.2, -0.15) is 0 Å². The Hall–Kier alpha value is -2.97. The third-order valence-electron chi connectivity index (χ3n) is 5.06. The van der Waals surface area contributed by atoms with Gasteiger partial charge in [-0.05, 0) is 54.4 Å². The van der Waals surface area contributed by atoms with E-state index >= 15 is 0 Å². The van der Waals surface area contributed by atoms with Gasteiger partial charge < -0.3 is 18.9 Å². The van der Waals surface area contributed by atoms with Gasteiger partial charge in [-0.1, -0.05) is 13.0 Å². The highest BCUT2D eigenvalue weighted by atomic mass is 16.6. The average Bonchev–Trinajstić information content (AvgIpc) is 2.90. The number of hydrogen-bond donors (Lipinski definition) is 0. The lowest BCUT2D eigenvalue weighted by molar-refractivity contribution is -0.168. The van der Waals surface area contributed by atoms with Crippen LogP contribution in [0.1, 0.15) is 61.8 Å². The Morgan fingerprint density at radius 3 is 2.18 bits per heavy atom. The summed E-state index contributed by atoms with van der Waals surface area (Å²) in [4.78, 5) is 63.1. The molecule has 0 saturated heterocycles. The third kappa shape index (κ3) is 6.76. The van der Waals surface area contributed by atoms with E-state index in [0.717, 1.165) is 6.08 Å². The first-order valence-corrected chi connectivity index (χ1v) is 10.9. The second-order valence-corrected chi connectivity index (χ2v) is 8.67. The Morgan fingerprint density at radius 2 is 1.67 bits per heavy atom. The Balaban J connectivity index is 3.34. The summed E-state index contributed by atoms with van der Waals surface area (Å²) in [7, 11) is 0. The molecule has 0 saturated carbocycles. The van der Waals surface area contributed by atoms with E-state index in [4.69, 9.17) is 18.9 Å². The van der Waals surface area contributed by atoms with Crippen LogP contribution in [0.4, 0.5) is 0 Å². The van der Waals surface area contributed by atoms with Crippen molar-refractivity contribution in [3.05, 3.63) is 23.5 Å². The molecule has 1 rings (SSSR count). The number of esters is 3. The second-order valence-electron chi connectivity index (χ2n) is 8.67. The lowest BCUT2D eigenvalue weighted by Gasteiger charge is -2.30. The van der Waals surface area contributed by atoms with Crippen LogP contribution < -0.4 is 0 Å². The average molecular weight is 467 g/mol. The van der Waals surface area contributed by atoms with Crippen LogP contribution >= 0.6 is 0 Å². The van der Waals surface area contributed by atoms with E-state index in [2.05, 4.69) is 0 Å². The van der Waals surface area contributed by atoms with Crippen LogP contribution in [0.25, 0.3) is 0 Å². The molecule has 33 heavy (non-hydrogen) atoms. The molecule has 1 aliphatic rings. The highest BCUT2D eigenvalue weighted by molar-refractivity contribution is 6.22. The Bertz CT molecular complexity index is 861. The summed E-state index contributed by atoms with van der Waals surface area (Å²) in [6.45, 7) is 12.3. The van der Waals surface area contributed by atoms with Crippen molar-refractivity contribution in [2.45, 2.75) is 73.0 Å². The molecule has 0 amide bonds.